The Morgan fingerprint density at radius 3 is 2.74 bits per heavy atom. The average Bonchev–Trinajstić information content (AvgIpc) is 3.33. The average molecular weight is 452 g/mol. The van der Waals surface area contributed by atoms with Gasteiger partial charge in [0.05, 0.1) is 33.8 Å². The van der Waals surface area contributed by atoms with Gasteiger partial charge in [-0.15, -0.1) is 0 Å². The van der Waals surface area contributed by atoms with Crippen molar-refractivity contribution < 1.29 is 18.3 Å². The molecule has 3 heterocycles. The molecule has 0 saturated carbocycles. The van der Waals surface area contributed by atoms with E-state index in [1.165, 1.54) is 10.2 Å². The minimum Gasteiger partial charge on any atom is -0.394 e. The molecule has 1 aliphatic rings. The molecule has 1 aliphatic heterocycles. The number of nitrogens with zero attached hydrogens (tertiary/aromatic N) is 2. The molecule has 1 saturated heterocycles. The molecule has 142 valence electrons. The molecule has 0 spiro atoms. The van der Waals surface area contributed by atoms with Crippen LogP contribution < -0.4 is 5.32 Å². The van der Waals surface area contributed by atoms with E-state index in [1.807, 2.05) is 0 Å². The lowest BCUT2D eigenvalue weighted by molar-refractivity contribution is 0.152. The molecule has 0 bridgehead atoms. The number of aliphatic hydroxyl groups is 1. The molecule has 4 rings (SSSR count). The zero-order chi connectivity index (χ0) is 19.1. The van der Waals surface area contributed by atoms with Crippen molar-refractivity contribution in [3.8, 4) is 0 Å². The number of pyridine rings is 1. The van der Waals surface area contributed by atoms with Crippen LogP contribution in [-0.4, -0.2) is 47.8 Å². The molecule has 1 aromatic carbocycles. The van der Waals surface area contributed by atoms with Gasteiger partial charge in [0.15, 0.2) is 5.65 Å². The van der Waals surface area contributed by atoms with E-state index in [1.54, 1.807) is 42.6 Å². The maximum absolute atomic E-state index is 13.0. The van der Waals surface area contributed by atoms with E-state index in [9.17, 15) is 13.5 Å². The molecule has 1 fully saturated rings. The fraction of sp³-hybridized carbons (Fsp3) is 0.278. The maximum atomic E-state index is 13.0. The van der Waals surface area contributed by atoms with E-state index in [0.29, 0.717) is 40.8 Å². The third-order valence-corrected chi connectivity index (χ3v) is 7.01. The first kappa shape index (κ1) is 18.4. The first-order valence-corrected chi connectivity index (χ1v) is 10.6. The quantitative estimate of drug-likeness (QED) is 0.618. The topological polar surface area (TPSA) is 93.5 Å². The maximum Gasteiger partial charge on any atom is 0.269 e. The highest BCUT2D eigenvalue weighted by Gasteiger charge is 2.35. The van der Waals surface area contributed by atoms with Gasteiger partial charge in [-0.2, -0.15) is 0 Å². The van der Waals surface area contributed by atoms with Crippen molar-refractivity contribution >= 4 is 42.7 Å². The van der Waals surface area contributed by atoms with Crippen LogP contribution in [0.15, 0.2) is 58.2 Å². The van der Waals surface area contributed by atoms with Crippen molar-refractivity contribution in [3.05, 3.63) is 53.3 Å². The van der Waals surface area contributed by atoms with Crippen molar-refractivity contribution in [1.29, 1.82) is 0 Å². The summed E-state index contributed by atoms with van der Waals surface area (Å²) in [5, 5.41) is 13.8. The Balaban J connectivity index is 1.83. The smallest absolute Gasteiger partial charge is 0.269 e. The number of benzene rings is 1. The predicted octanol–water partition coefficient (Wildman–Crippen LogP) is 2.60. The molecular weight excluding hydrogens is 434 g/mol. The summed E-state index contributed by atoms with van der Waals surface area (Å²) >= 11 is 3.48. The second kappa shape index (κ2) is 6.90. The van der Waals surface area contributed by atoms with Crippen LogP contribution in [0.3, 0.4) is 0 Å². The number of hydrogen-bond acceptors (Lipinski definition) is 6. The Bertz CT molecular complexity index is 1080. The van der Waals surface area contributed by atoms with Gasteiger partial charge in [0, 0.05) is 24.4 Å². The van der Waals surface area contributed by atoms with Crippen LogP contribution >= 0.6 is 15.9 Å². The zero-order valence-corrected chi connectivity index (χ0v) is 16.7. The first-order chi connectivity index (χ1) is 13.0. The molecule has 2 N–H and O–H groups in total. The lowest BCUT2D eigenvalue weighted by Gasteiger charge is -2.28. The van der Waals surface area contributed by atoms with E-state index < -0.39 is 15.6 Å². The summed E-state index contributed by atoms with van der Waals surface area (Å²) in [6, 6.07) is 9.94. The largest absolute Gasteiger partial charge is 0.394 e. The van der Waals surface area contributed by atoms with Crippen molar-refractivity contribution in [3.63, 3.8) is 0 Å². The molecule has 0 radical (unpaired) electrons. The molecule has 27 heavy (non-hydrogen) atoms. The molecule has 1 atom stereocenters. The van der Waals surface area contributed by atoms with E-state index in [2.05, 4.69) is 26.2 Å². The molecule has 9 heteroatoms. The van der Waals surface area contributed by atoms with Gasteiger partial charge in [-0.3, -0.25) is 0 Å². The van der Waals surface area contributed by atoms with Crippen molar-refractivity contribution in [2.24, 2.45) is 0 Å². The van der Waals surface area contributed by atoms with Crippen LogP contribution in [0.1, 0.15) is 6.42 Å². The summed E-state index contributed by atoms with van der Waals surface area (Å²) in [6.07, 6.45) is 3.71. The Morgan fingerprint density at radius 2 is 2.07 bits per heavy atom. The molecule has 2 aromatic heterocycles. The minimum atomic E-state index is -3.76. The fourth-order valence-electron chi connectivity index (χ4n) is 3.20. The highest BCUT2D eigenvalue weighted by Crippen LogP contribution is 2.35. The summed E-state index contributed by atoms with van der Waals surface area (Å²) in [4.78, 5) is 4.51. The monoisotopic (exact) mass is 451 g/mol. The van der Waals surface area contributed by atoms with Gasteiger partial charge >= 0.3 is 0 Å². The number of anilines is 1. The number of fused-ring (bicyclic) bond motifs is 1. The third kappa shape index (κ3) is 3.14. The second-order valence-electron chi connectivity index (χ2n) is 6.51. The number of halogens is 1. The number of aromatic nitrogens is 2. The lowest BCUT2D eigenvalue weighted by atomic mass is 9.99. The number of ether oxygens (including phenoxy) is 1. The molecule has 0 amide bonds. The van der Waals surface area contributed by atoms with Crippen LogP contribution in [0, 0.1) is 0 Å². The van der Waals surface area contributed by atoms with E-state index in [-0.39, 0.29) is 11.5 Å². The standard InChI is InChI=1S/C18H18BrN3O4S/c19-15-10-20-17-14(16(15)21-18(11-23)7-9-26-12-18)6-8-22(17)27(24,25)13-4-2-1-3-5-13/h1-6,8,10,23H,7,9,11-12H2,(H,20,21). The highest BCUT2D eigenvalue weighted by molar-refractivity contribution is 9.10. The Morgan fingerprint density at radius 1 is 1.30 bits per heavy atom. The van der Waals surface area contributed by atoms with Crippen LogP contribution in [0.2, 0.25) is 0 Å². The summed E-state index contributed by atoms with van der Waals surface area (Å²) in [6.45, 7) is 0.845. The van der Waals surface area contributed by atoms with Crippen molar-refractivity contribution in [1.82, 2.24) is 8.96 Å². The SMILES string of the molecule is O=S(=O)(c1ccccc1)n1ccc2c(NC3(CO)CCOC3)c(Br)cnc21. The Labute approximate surface area is 165 Å². The second-order valence-corrected chi connectivity index (χ2v) is 9.18. The van der Waals surface area contributed by atoms with Crippen LogP contribution in [0.25, 0.3) is 11.0 Å². The van der Waals surface area contributed by atoms with Gasteiger partial charge in [0.2, 0.25) is 0 Å². The van der Waals surface area contributed by atoms with Crippen LogP contribution in [-0.2, 0) is 14.8 Å². The first-order valence-electron chi connectivity index (χ1n) is 8.40. The Kier molecular flexibility index (Phi) is 4.71. The van der Waals surface area contributed by atoms with Gasteiger partial charge in [-0.05, 0) is 40.5 Å². The van der Waals surface area contributed by atoms with Gasteiger partial charge in [-0.1, -0.05) is 18.2 Å². The third-order valence-electron chi connectivity index (χ3n) is 4.73. The van der Waals surface area contributed by atoms with Crippen molar-refractivity contribution in [2.75, 3.05) is 25.1 Å². The normalized spacial score (nSPS) is 20.2. The molecular formula is C18H18BrN3O4S. The summed E-state index contributed by atoms with van der Waals surface area (Å²) in [5.41, 5.74) is 0.398. The molecule has 3 aromatic rings. The van der Waals surface area contributed by atoms with Gasteiger partial charge in [0.25, 0.3) is 10.0 Å². The van der Waals surface area contributed by atoms with E-state index in [0.717, 1.165) is 0 Å². The van der Waals surface area contributed by atoms with E-state index in [4.69, 9.17) is 4.74 Å². The zero-order valence-electron chi connectivity index (χ0n) is 14.3. The molecule has 1 unspecified atom stereocenters. The summed E-state index contributed by atoms with van der Waals surface area (Å²) in [5.74, 6) is 0. The predicted molar refractivity (Wildman–Crippen MR) is 105 cm³/mol. The Hall–Kier alpha value is -1.94. The summed E-state index contributed by atoms with van der Waals surface area (Å²) in [7, 11) is -3.76. The van der Waals surface area contributed by atoms with Crippen molar-refractivity contribution in [2.45, 2.75) is 16.9 Å². The van der Waals surface area contributed by atoms with Gasteiger partial charge in [-0.25, -0.2) is 17.4 Å². The number of hydrogen-bond donors (Lipinski definition) is 2. The van der Waals surface area contributed by atoms with Gasteiger partial charge < -0.3 is 15.2 Å². The number of aliphatic hydroxyl groups excluding tert-OH is 1. The number of nitrogens with one attached hydrogen (secondary N) is 1. The lowest BCUT2D eigenvalue weighted by Crippen LogP contribution is -2.42. The number of rotatable bonds is 5. The van der Waals surface area contributed by atoms with Gasteiger partial charge in [0.1, 0.15) is 0 Å². The molecule has 7 nitrogen and oxygen atoms in total. The van der Waals surface area contributed by atoms with Crippen LogP contribution in [0.5, 0.6) is 0 Å². The minimum absolute atomic E-state index is 0.0910. The highest BCUT2D eigenvalue weighted by atomic mass is 79.9. The summed E-state index contributed by atoms with van der Waals surface area (Å²) < 4.78 is 33.3. The van der Waals surface area contributed by atoms with E-state index >= 15 is 0 Å². The van der Waals surface area contributed by atoms with Crippen LogP contribution in [0.4, 0.5) is 5.69 Å². The fourth-order valence-corrected chi connectivity index (χ4v) is 4.94. The molecule has 0 aliphatic carbocycles.